The van der Waals surface area contributed by atoms with E-state index in [4.69, 9.17) is 0 Å². The first-order chi connectivity index (χ1) is 8.27. The minimum Gasteiger partial charge on any atom is -0.383 e. The summed E-state index contributed by atoms with van der Waals surface area (Å²) >= 11 is 0. The zero-order chi connectivity index (χ0) is 12.1. The first kappa shape index (κ1) is 11.6. The summed E-state index contributed by atoms with van der Waals surface area (Å²) in [5, 5.41) is 11.3. The van der Waals surface area contributed by atoms with E-state index in [-0.39, 0.29) is 0 Å². The minimum absolute atomic E-state index is 0.709. The number of para-hydroxylation sites is 2. The first-order valence-corrected chi connectivity index (χ1v) is 5.97. The van der Waals surface area contributed by atoms with Gasteiger partial charge in [-0.05, 0) is 24.5 Å². The van der Waals surface area contributed by atoms with Gasteiger partial charge in [0, 0.05) is 6.54 Å². The second kappa shape index (κ2) is 5.48. The van der Waals surface area contributed by atoms with Crippen molar-refractivity contribution in [3.63, 3.8) is 0 Å². The molecule has 1 aromatic heterocycles. The van der Waals surface area contributed by atoms with Crippen molar-refractivity contribution in [2.24, 2.45) is 5.92 Å². The molecule has 0 bridgehead atoms. The van der Waals surface area contributed by atoms with Crippen molar-refractivity contribution in [3.8, 4) is 5.69 Å². The van der Waals surface area contributed by atoms with Crippen LogP contribution in [-0.4, -0.2) is 21.5 Å². The molecule has 2 rings (SSSR count). The van der Waals surface area contributed by atoms with E-state index in [2.05, 4.69) is 35.5 Å². The van der Waals surface area contributed by atoms with Gasteiger partial charge < -0.3 is 5.32 Å². The lowest BCUT2D eigenvalue weighted by molar-refractivity contribution is 0.607. The SMILES string of the molecule is CC(C)CCNc1ccccc1-n1ccnn1. The lowest BCUT2D eigenvalue weighted by Crippen LogP contribution is -2.08. The van der Waals surface area contributed by atoms with E-state index in [0.717, 1.165) is 24.3 Å². The fourth-order valence-corrected chi connectivity index (χ4v) is 1.66. The molecule has 0 spiro atoms. The molecular weight excluding hydrogens is 212 g/mol. The van der Waals surface area contributed by atoms with Gasteiger partial charge in [-0.25, -0.2) is 4.68 Å². The molecule has 1 aromatic carbocycles. The van der Waals surface area contributed by atoms with Gasteiger partial charge in [0.15, 0.2) is 0 Å². The molecule has 0 amide bonds. The number of hydrogen-bond donors (Lipinski definition) is 1. The highest BCUT2D eigenvalue weighted by Gasteiger charge is 2.04. The standard InChI is InChI=1S/C13H18N4/c1-11(2)7-8-14-12-5-3-4-6-13(12)17-10-9-15-16-17/h3-6,9-11,14H,7-8H2,1-2H3. The summed E-state index contributed by atoms with van der Waals surface area (Å²) in [5.74, 6) is 0.709. The number of hydrogen-bond acceptors (Lipinski definition) is 3. The van der Waals surface area contributed by atoms with Crippen molar-refractivity contribution in [3.05, 3.63) is 36.7 Å². The van der Waals surface area contributed by atoms with Crippen LogP contribution >= 0.6 is 0 Å². The van der Waals surface area contributed by atoms with Crippen LogP contribution in [0.5, 0.6) is 0 Å². The van der Waals surface area contributed by atoms with Gasteiger partial charge in [-0.2, -0.15) is 0 Å². The van der Waals surface area contributed by atoms with Crippen molar-refractivity contribution in [1.29, 1.82) is 0 Å². The fraction of sp³-hybridized carbons (Fsp3) is 0.385. The van der Waals surface area contributed by atoms with E-state index in [9.17, 15) is 0 Å². The van der Waals surface area contributed by atoms with Gasteiger partial charge in [-0.15, -0.1) is 5.10 Å². The summed E-state index contributed by atoms with van der Waals surface area (Å²) in [7, 11) is 0. The lowest BCUT2D eigenvalue weighted by atomic mass is 10.1. The Hall–Kier alpha value is -1.84. The van der Waals surface area contributed by atoms with Crippen LogP contribution in [0, 0.1) is 5.92 Å². The van der Waals surface area contributed by atoms with E-state index >= 15 is 0 Å². The number of benzene rings is 1. The van der Waals surface area contributed by atoms with Crippen molar-refractivity contribution in [1.82, 2.24) is 15.0 Å². The Kier molecular flexibility index (Phi) is 3.75. The van der Waals surface area contributed by atoms with E-state index in [1.807, 2.05) is 24.4 Å². The maximum atomic E-state index is 4.02. The molecule has 0 aliphatic heterocycles. The third-order valence-corrected chi connectivity index (χ3v) is 2.61. The van der Waals surface area contributed by atoms with Crippen molar-refractivity contribution < 1.29 is 0 Å². The maximum absolute atomic E-state index is 4.02. The number of nitrogens with one attached hydrogen (secondary N) is 1. The molecule has 0 unspecified atom stereocenters. The van der Waals surface area contributed by atoms with Crippen molar-refractivity contribution >= 4 is 5.69 Å². The minimum atomic E-state index is 0.709. The van der Waals surface area contributed by atoms with Gasteiger partial charge in [0.2, 0.25) is 0 Å². The molecule has 0 atom stereocenters. The number of aromatic nitrogens is 3. The van der Waals surface area contributed by atoms with Crippen LogP contribution in [-0.2, 0) is 0 Å². The highest BCUT2D eigenvalue weighted by atomic mass is 15.4. The zero-order valence-corrected chi connectivity index (χ0v) is 10.3. The van der Waals surface area contributed by atoms with Crippen LogP contribution in [0.3, 0.4) is 0 Å². The molecule has 4 nitrogen and oxygen atoms in total. The third-order valence-electron chi connectivity index (χ3n) is 2.61. The molecule has 90 valence electrons. The molecule has 4 heteroatoms. The second-order valence-corrected chi connectivity index (χ2v) is 4.47. The molecule has 17 heavy (non-hydrogen) atoms. The molecule has 0 fully saturated rings. The molecule has 0 radical (unpaired) electrons. The van der Waals surface area contributed by atoms with Gasteiger partial charge in [-0.3, -0.25) is 0 Å². The van der Waals surface area contributed by atoms with E-state index in [1.54, 1.807) is 10.9 Å². The smallest absolute Gasteiger partial charge is 0.0894 e. The summed E-state index contributed by atoms with van der Waals surface area (Å²) in [6, 6.07) is 8.13. The molecule has 0 saturated carbocycles. The normalized spacial score (nSPS) is 10.8. The fourth-order valence-electron chi connectivity index (χ4n) is 1.66. The molecule has 0 aliphatic carbocycles. The van der Waals surface area contributed by atoms with E-state index in [1.165, 1.54) is 0 Å². The van der Waals surface area contributed by atoms with Gasteiger partial charge in [0.05, 0.1) is 23.8 Å². The van der Waals surface area contributed by atoms with E-state index < -0.39 is 0 Å². The Labute approximate surface area is 102 Å². The van der Waals surface area contributed by atoms with E-state index in [0.29, 0.717) is 5.92 Å². The van der Waals surface area contributed by atoms with Gasteiger partial charge in [0.25, 0.3) is 0 Å². The van der Waals surface area contributed by atoms with Crippen LogP contribution < -0.4 is 5.32 Å². The second-order valence-electron chi connectivity index (χ2n) is 4.47. The monoisotopic (exact) mass is 230 g/mol. The maximum Gasteiger partial charge on any atom is 0.0894 e. The average molecular weight is 230 g/mol. The predicted molar refractivity (Wildman–Crippen MR) is 69.3 cm³/mol. The average Bonchev–Trinajstić information content (AvgIpc) is 2.82. The molecular formula is C13H18N4. The number of rotatable bonds is 5. The quantitative estimate of drug-likeness (QED) is 0.858. The lowest BCUT2D eigenvalue weighted by Gasteiger charge is -2.12. The number of nitrogens with zero attached hydrogens (tertiary/aromatic N) is 3. The highest BCUT2D eigenvalue weighted by molar-refractivity contribution is 5.60. The Bertz CT molecular complexity index is 448. The molecule has 0 saturated heterocycles. The summed E-state index contributed by atoms with van der Waals surface area (Å²) in [4.78, 5) is 0. The van der Waals surface area contributed by atoms with Crippen LogP contribution in [0.1, 0.15) is 20.3 Å². The highest BCUT2D eigenvalue weighted by Crippen LogP contribution is 2.18. The predicted octanol–water partition coefficient (Wildman–Crippen LogP) is 2.73. The molecule has 1 heterocycles. The van der Waals surface area contributed by atoms with Crippen molar-refractivity contribution in [2.45, 2.75) is 20.3 Å². The van der Waals surface area contributed by atoms with Crippen molar-refractivity contribution in [2.75, 3.05) is 11.9 Å². The van der Waals surface area contributed by atoms with Gasteiger partial charge in [-0.1, -0.05) is 31.2 Å². The van der Waals surface area contributed by atoms with Gasteiger partial charge >= 0.3 is 0 Å². The summed E-state index contributed by atoms with van der Waals surface area (Å²) in [5.41, 5.74) is 2.13. The summed E-state index contributed by atoms with van der Waals surface area (Å²) in [6.45, 7) is 5.43. The Morgan fingerprint density at radius 1 is 1.29 bits per heavy atom. The Morgan fingerprint density at radius 3 is 2.82 bits per heavy atom. The number of anilines is 1. The Morgan fingerprint density at radius 2 is 2.12 bits per heavy atom. The summed E-state index contributed by atoms with van der Waals surface area (Å²) < 4.78 is 1.78. The van der Waals surface area contributed by atoms with Crippen LogP contribution in [0.25, 0.3) is 5.69 Å². The topological polar surface area (TPSA) is 42.7 Å². The van der Waals surface area contributed by atoms with Crippen LogP contribution in [0.2, 0.25) is 0 Å². The molecule has 2 aromatic rings. The molecule has 0 aliphatic rings. The summed E-state index contributed by atoms with van der Waals surface area (Å²) in [6.07, 6.45) is 4.69. The third kappa shape index (κ3) is 3.06. The van der Waals surface area contributed by atoms with Crippen LogP contribution in [0.4, 0.5) is 5.69 Å². The zero-order valence-electron chi connectivity index (χ0n) is 10.3. The first-order valence-electron chi connectivity index (χ1n) is 5.97. The van der Waals surface area contributed by atoms with Gasteiger partial charge in [0.1, 0.15) is 0 Å². The molecule has 1 N–H and O–H groups in total. The van der Waals surface area contributed by atoms with Crippen LogP contribution in [0.15, 0.2) is 36.7 Å². The largest absolute Gasteiger partial charge is 0.383 e. The Balaban J connectivity index is 2.11.